The van der Waals surface area contributed by atoms with E-state index in [2.05, 4.69) is 21.0 Å². The summed E-state index contributed by atoms with van der Waals surface area (Å²) in [4.78, 5) is -0.166. The van der Waals surface area contributed by atoms with E-state index in [9.17, 15) is 21.6 Å². The minimum Gasteiger partial charge on any atom is -0.496 e. The number of primary sulfonamides is 1. The molecule has 6 nitrogen and oxygen atoms in total. The highest BCUT2D eigenvalue weighted by Crippen LogP contribution is 2.38. The maximum atomic E-state index is 13.3. The first kappa shape index (κ1) is 20.4. The van der Waals surface area contributed by atoms with Crippen LogP contribution in [0.3, 0.4) is 0 Å². The lowest BCUT2D eigenvalue weighted by Crippen LogP contribution is -2.12. The van der Waals surface area contributed by atoms with Crippen LogP contribution in [0.4, 0.5) is 13.2 Å². The van der Waals surface area contributed by atoms with Gasteiger partial charge in [0.15, 0.2) is 5.69 Å². The third-order valence-corrected chi connectivity index (χ3v) is 5.27. The molecule has 0 aliphatic heterocycles. The van der Waals surface area contributed by atoms with Gasteiger partial charge in [0.1, 0.15) is 5.75 Å². The lowest BCUT2D eigenvalue weighted by Gasteiger charge is -2.12. The molecule has 3 aromatic rings. The van der Waals surface area contributed by atoms with E-state index in [0.29, 0.717) is 15.8 Å². The summed E-state index contributed by atoms with van der Waals surface area (Å²) in [5, 5.41) is 8.73. The molecule has 2 aromatic carbocycles. The van der Waals surface area contributed by atoms with Crippen molar-refractivity contribution in [3.8, 4) is 22.7 Å². The van der Waals surface area contributed by atoms with Crippen LogP contribution in [-0.2, 0) is 16.2 Å². The van der Waals surface area contributed by atoms with Crippen LogP contribution in [0.5, 0.6) is 5.75 Å². The Labute approximate surface area is 166 Å². The number of hydrogen-bond acceptors (Lipinski definition) is 4. The van der Waals surface area contributed by atoms with Crippen molar-refractivity contribution in [3.05, 3.63) is 58.7 Å². The molecule has 0 fully saturated rings. The molecular formula is C17H13BrF3N3O3S. The zero-order valence-corrected chi connectivity index (χ0v) is 16.6. The second-order valence-electron chi connectivity index (χ2n) is 5.71. The summed E-state index contributed by atoms with van der Waals surface area (Å²) in [6.07, 6.45) is -4.67. The van der Waals surface area contributed by atoms with Crippen LogP contribution in [0.1, 0.15) is 5.69 Å². The quantitative estimate of drug-likeness (QED) is 0.618. The van der Waals surface area contributed by atoms with Crippen molar-refractivity contribution in [2.45, 2.75) is 11.1 Å². The van der Waals surface area contributed by atoms with Gasteiger partial charge in [0.2, 0.25) is 10.0 Å². The number of methoxy groups -OCH3 is 1. The minimum absolute atomic E-state index is 0.119. The van der Waals surface area contributed by atoms with Crippen molar-refractivity contribution < 1.29 is 26.3 Å². The molecule has 0 saturated carbocycles. The van der Waals surface area contributed by atoms with Gasteiger partial charge >= 0.3 is 6.18 Å². The van der Waals surface area contributed by atoms with E-state index in [0.717, 1.165) is 10.7 Å². The first-order valence-electron chi connectivity index (χ1n) is 7.65. The molecule has 0 saturated heterocycles. The van der Waals surface area contributed by atoms with Crippen LogP contribution in [0.2, 0.25) is 0 Å². The van der Waals surface area contributed by atoms with Crippen LogP contribution in [0.25, 0.3) is 16.9 Å². The summed E-state index contributed by atoms with van der Waals surface area (Å²) in [6, 6.07) is 10.8. The van der Waals surface area contributed by atoms with Gasteiger partial charge in [-0.15, -0.1) is 0 Å². The first-order chi connectivity index (χ1) is 13.0. The van der Waals surface area contributed by atoms with Gasteiger partial charge in [-0.1, -0.05) is 15.9 Å². The number of ether oxygens (including phenoxy) is 1. The van der Waals surface area contributed by atoms with Crippen molar-refractivity contribution in [2.24, 2.45) is 5.14 Å². The molecule has 0 radical (unpaired) electrons. The fraction of sp³-hybridized carbons (Fsp3) is 0.118. The Hall–Kier alpha value is -2.37. The fourth-order valence-corrected chi connectivity index (χ4v) is 3.44. The second kappa shape index (κ2) is 7.22. The SMILES string of the molecule is COc1ccc(Br)cc1-c1cc(C(F)(F)F)nn1-c1ccc(S(N)(=O)=O)cc1. The zero-order valence-electron chi connectivity index (χ0n) is 14.2. The van der Waals surface area contributed by atoms with E-state index in [1.807, 2.05) is 0 Å². The molecule has 1 heterocycles. The van der Waals surface area contributed by atoms with Crippen molar-refractivity contribution in [1.82, 2.24) is 9.78 Å². The molecule has 28 heavy (non-hydrogen) atoms. The predicted molar refractivity (Wildman–Crippen MR) is 99.6 cm³/mol. The highest BCUT2D eigenvalue weighted by atomic mass is 79.9. The van der Waals surface area contributed by atoms with E-state index in [4.69, 9.17) is 9.88 Å². The summed E-state index contributed by atoms with van der Waals surface area (Å²) in [5.41, 5.74) is -0.385. The van der Waals surface area contributed by atoms with E-state index in [1.165, 1.54) is 31.4 Å². The molecule has 0 spiro atoms. The Morgan fingerprint density at radius 2 is 1.75 bits per heavy atom. The largest absolute Gasteiger partial charge is 0.496 e. The number of alkyl halides is 3. The van der Waals surface area contributed by atoms with Gasteiger partial charge in [0, 0.05) is 10.0 Å². The lowest BCUT2D eigenvalue weighted by molar-refractivity contribution is -0.141. The third-order valence-electron chi connectivity index (χ3n) is 3.85. The Morgan fingerprint density at radius 1 is 1.11 bits per heavy atom. The molecule has 1 aromatic heterocycles. The third kappa shape index (κ3) is 4.05. The number of nitrogens with zero attached hydrogens (tertiary/aromatic N) is 2. The van der Waals surface area contributed by atoms with E-state index in [1.54, 1.807) is 18.2 Å². The topological polar surface area (TPSA) is 87.2 Å². The Balaban J connectivity index is 2.24. The van der Waals surface area contributed by atoms with E-state index >= 15 is 0 Å². The highest BCUT2D eigenvalue weighted by Gasteiger charge is 2.35. The fourth-order valence-electron chi connectivity index (χ4n) is 2.57. The number of sulfonamides is 1. The van der Waals surface area contributed by atoms with Gasteiger partial charge < -0.3 is 4.74 Å². The Morgan fingerprint density at radius 3 is 2.29 bits per heavy atom. The number of hydrogen-bond donors (Lipinski definition) is 1. The van der Waals surface area contributed by atoms with Crippen LogP contribution >= 0.6 is 15.9 Å². The van der Waals surface area contributed by atoms with Crippen LogP contribution in [-0.4, -0.2) is 25.3 Å². The molecule has 0 amide bonds. The second-order valence-corrected chi connectivity index (χ2v) is 8.18. The first-order valence-corrected chi connectivity index (χ1v) is 9.99. The van der Waals surface area contributed by atoms with Gasteiger partial charge in [-0.3, -0.25) is 0 Å². The van der Waals surface area contributed by atoms with Crippen molar-refractivity contribution >= 4 is 26.0 Å². The van der Waals surface area contributed by atoms with Crippen LogP contribution in [0.15, 0.2) is 57.9 Å². The van der Waals surface area contributed by atoms with Gasteiger partial charge in [0.05, 0.1) is 23.4 Å². The molecular weight excluding hydrogens is 463 g/mol. The maximum Gasteiger partial charge on any atom is 0.435 e. The molecule has 0 atom stereocenters. The Bertz CT molecular complexity index is 1130. The van der Waals surface area contributed by atoms with Gasteiger partial charge in [-0.2, -0.15) is 18.3 Å². The standard InChI is InChI=1S/C17H13BrF3N3O3S/c1-27-15-7-2-10(18)8-13(15)14-9-16(17(19,20)21)23-24(14)11-3-5-12(6-4-11)28(22,25)26/h2-9H,1H3,(H2,22,25,26). The Kier molecular flexibility index (Phi) is 5.26. The minimum atomic E-state index is -4.67. The smallest absolute Gasteiger partial charge is 0.435 e. The molecule has 11 heteroatoms. The van der Waals surface area contributed by atoms with Crippen LogP contribution < -0.4 is 9.88 Å². The van der Waals surface area contributed by atoms with Crippen molar-refractivity contribution in [2.75, 3.05) is 7.11 Å². The summed E-state index contributed by atoms with van der Waals surface area (Å²) < 4.78 is 69.6. The number of rotatable bonds is 4. The molecule has 148 valence electrons. The number of nitrogens with two attached hydrogens (primary N) is 1. The van der Waals surface area contributed by atoms with Crippen LogP contribution in [0, 0.1) is 0 Å². The van der Waals surface area contributed by atoms with Gasteiger partial charge in [0.25, 0.3) is 0 Å². The summed E-state index contributed by atoms with van der Waals surface area (Å²) in [5.74, 6) is 0.347. The zero-order chi connectivity index (χ0) is 20.7. The predicted octanol–water partition coefficient (Wildman–Crippen LogP) is 3.98. The molecule has 0 aliphatic carbocycles. The average molecular weight is 476 g/mol. The molecule has 3 rings (SSSR count). The van der Waals surface area contributed by atoms with Gasteiger partial charge in [-0.05, 0) is 48.5 Å². The number of benzene rings is 2. The van der Waals surface area contributed by atoms with Crippen molar-refractivity contribution in [3.63, 3.8) is 0 Å². The average Bonchev–Trinajstić information content (AvgIpc) is 3.06. The normalized spacial score (nSPS) is 12.2. The monoisotopic (exact) mass is 475 g/mol. The number of halogens is 4. The summed E-state index contributed by atoms with van der Waals surface area (Å²) in [7, 11) is -2.53. The van der Waals surface area contributed by atoms with E-state index in [-0.39, 0.29) is 16.3 Å². The molecule has 0 bridgehead atoms. The summed E-state index contributed by atoms with van der Waals surface area (Å²) in [6.45, 7) is 0. The lowest BCUT2D eigenvalue weighted by atomic mass is 10.1. The highest BCUT2D eigenvalue weighted by molar-refractivity contribution is 9.10. The maximum absolute atomic E-state index is 13.3. The van der Waals surface area contributed by atoms with E-state index < -0.39 is 21.9 Å². The molecule has 0 aliphatic rings. The summed E-state index contributed by atoms with van der Waals surface area (Å²) >= 11 is 3.29. The van der Waals surface area contributed by atoms with Gasteiger partial charge in [-0.25, -0.2) is 18.2 Å². The number of aromatic nitrogens is 2. The molecule has 0 unspecified atom stereocenters. The molecule has 2 N–H and O–H groups in total. The van der Waals surface area contributed by atoms with Crippen molar-refractivity contribution in [1.29, 1.82) is 0 Å².